The molecule has 0 saturated carbocycles. The molecular weight excluding hydrogens is 387 g/mol. The normalized spacial score (nSPS) is 24.3. The van der Waals surface area contributed by atoms with Gasteiger partial charge in [0.05, 0.1) is 13.2 Å². The number of carbonyl (C=O) groups is 1. The van der Waals surface area contributed by atoms with Crippen molar-refractivity contribution in [2.75, 3.05) is 13.4 Å². The van der Waals surface area contributed by atoms with Gasteiger partial charge in [-0.3, -0.25) is 4.79 Å². The fourth-order valence-electron chi connectivity index (χ4n) is 2.68. The molecule has 0 spiro atoms. The van der Waals surface area contributed by atoms with Gasteiger partial charge in [-0.05, 0) is 17.9 Å². The second kappa shape index (κ2) is 8.35. The third-order valence-corrected chi connectivity index (χ3v) is 5.17. The summed E-state index contributed by atoms with van der Waals surface area (Å²) in [4.78, 5) is 11.3. The van der Waals surface area contributed by atoms with Crippen LogP contribution in [0.2, 0.25) is 0 Å². The first-order chi connectivity index (χ1) is 11.0. The van der Waals surface area contributed by atoms with E-state index in [2.05, 4.69) is 15.9 Å². The number of hydrogen-bond acceptors (Lipinski definition) is 5. The van der Waals surface area contributed by atoms with Crippen molar-refractivity contribution in [1.29, 1.82) is 0 Å². The number of hydrogen-bond donors (Lipinski definition) is 0. The third-order valence-electron chi connectivity index (χ3n) is 3.73. The van der Waals surface area contributed by atoms with Crippen molar-refractivity contribution in [1.82, 2.24) is 0 Å². The molecule has 0 aliphatic carbocycles. The average molecular weight is 407 g/mol. The molecular formula is C16H20BrFO4S. The molecule has 1 heterocycles. The Labute approximate surface area is 148 Å². The largest absolute Gasteiger partial charge is 0.496 e. The summed E-state index contributed by atoms with van der Waals surface area (Å²) in [5, 5.41) is 0.405. The smallest absolute Gasteiger partial charge is 0.302 e. The van der Waals surface area contributed by atoms with Gasteiger partial charge in [0, 0.05) is 36.7 Å². The Morgan fingerprint density at radius 2 is 2.22 bits per heavy atom. The van der Waals surface area contributed by atoms with Gasteiger partial charge in [-0.2, -0.15) is 0 Å². The van der Waals surface area contributed by atoms with Gasteiger partial charge in [0.25, 0.3) is 0 Å². The Morgan fingerprint density at radius 3 is 2.78 bits per heavy atom. The number of benzene rings is 1. The number of esters is 1. The molecule has 1 aliphatic heterocycles. The van der Waals surface area contributed by atoms with E-state index >= 15 is 0 Å². The Morgan fingerprint density at radius 1 is 1.48 bits per heavy atom. The number of halogens is 2. The number of thioether (sulfide) groups is 1. The summed E-state index contributed by atoms with van der Waals surface area (Å²) in [6, 6.07) is 3.12. The summed E-state index contributed by atoms with van der Waals surface area (Å²) in [7, 11) is 1.50. The fourth-order valence-corrected chi connectivity index (χ4v) is 3.76. The summed E-state index contributed by atoms with van der Waals surface area (Å²) in [6.45, 7) is 1.40. The minimum absolute atomic E-state index is 0.0831. The topological polar surface area (TPSA) is 44.8 Å². The Hall–Kier alpha value is -0.790. The zero-order valence-electron chi connectivity index (χ0n) is 13.3. The summed E-state index contributed by atoms with van der Waals surface area (Å²) in [5.41, 5.74) is 1.24. The molecule has 0 amide bonds. The van der Waals surface area contributed by atoms with Crippen molar-refractivity contribution in [2.24, 2.45) is 0 Å². The SMILES string of the molecule is COc1cc(F)c(CBr)cc1C1CC(OC(C)=O)CC(SC)O1. The quantitative estimate of drug-likeness (QED) is 0.541. The third kappa shape index (κ3) is 4.61. The molecule has 128 valence electrons. The molecule has 1 saturated heterocycles. The van der Waals surface area contributed by atoms with E-state index < -0.39 is 0 Å². The van der Waals surface area contributed by atoms with Crippen LogP contribution in [0.5, 0.6) is 5.75 Å². The molecule has 1 aromatic rings. The predicted octanol–water partition coefficient (Wildman–Crippen LogP) is 4.20. The maximum atomic E-state index is 14.0. The molecule has 4 nitrogen and oxygen atoms in total. The Balaban J connectivity index is 2.32. The standard InChI is InChI=1S/C16H20BrFO4S/c1-9(19)21-11-5-15(22-16(6-11)23-3)12-4-10(8-17)13(18)7-14(12)20-2/h4,7,11,15-16H,5-6,8H2,1-3H3. The minimum atomic E-state index is -0.323. The average Bonchev–Trinajstić information content (AvgIpc) is 2.53. The second-order valence-electron chi connectivity index (χ2n) is 5.31. The highest BCUT2D eigenvalue weighted by molar-refractivity contribution is 9.08. The number of alkyl halides is 1. The first-order valence-corrected chi connectivity index (χ1v) is 9.67. The van der Waals surface area contributed by atoms with Crippen LogP contribution in [0.3, 0.4) is 0 Å². The van der Waals surface area contributed by atoms with Crippen LogP contribution in [0.15, 0.2) is 12.1 Å². The van der Waals surface area contributed by atoms with Crippen LogP contribution < -0.4 is 4.74 Å². The van der Waals surface area contributed by atoms with Crippen molar-refractivity contribution < 1.29 is 23.4 Å². The van der Waals surface area contributed by atoms with Gasteiger partial charge in [0.2, 0.25) is 0 Å². The van der Waals surface area contributed by atoms with Crippen LogP contribution in [-0.4, -0.2) is 30.9 Å². The van der Waals surface area contributed by atoms with E-state index in [0.717, 1.165) is 5.56 Å². The molecule has 23 heavy (non-hydrogen) atoms. The highest BCUT2D eigenvalue weighted by Crippen LogP contribution is 2.40. The molecule has 0 bridgehead atoms. The molecule has 2 rings (SSSR count). The van der Waals surface area contributed by atoms with E-state index in [4.69, 9.17) is 14.2 Å². The Bertz CT molecular complexity index is 569. The first-order valence-electron chi connectivity index (χ1n) is 7.26. The van der Waals surface area contributed by atoms with E-state index in [1.165, 1.54) is 20.1 Å². The number of ether oxygens (including phenoxy) is 3. The lowest BCUT2D eigenvalue weighted by Crippen LogP contribution is -2.32. The van der Waals surface area contributed by atoms with Crippen molar-refractivity contribution in [3.63, 3.8) is 0 Å². The first kappa shape index (κ1) is 18.5. The molecule has 0 N–H and O–H groups in total. The van der Waals surface area contributed by atoms with Gasteiger partial charge >= 0.3 is 5.97 Å². The molecule has 3 atom stereocenters. The van der Waals surface area contributed by atoms with Crippen LogP contribution in [0.25, 0.3) is 0 Å². The van der Waals surface area contributed by atoms with E-state index in [0.29, 0.717) is 29.5 Å². The summed E-state index contributed by atoms with van der Waals surface area (Å²) in [6.07, 6.45) is 2.60. The van der Waals surface area contributed by atoms with Gasteiger partial charge < -0.3 is 14.2 Å². The molecule has 3 unspecified atom stereocenters. The highest BCUT2D eigenvalue weighted by Gasteiger charge is 2.33. The van der Waals surface area contributed by atoms with E-state index in [9.17, 15) is 9.18 Å². The van der Waals surface area contributed by atoms with Crippen LogP contribution in [-0.2, 0) is 19.6 Å². The van der Waals surface area contributed by atoms with Crippen molar-refractivity contribution in [3.8, 4) is 5.75 Å². The van der Waals surface area contributed by atoms with Crippen LogP contribution in [0.1, 0.15) is 37.0 Å². The maximum Gasteiger partial charge on any atom is 0.302 e. The minimum Gasteiger partial charge on any atom is -0.496 e. The van der Waals surface area contributed by atoms with E-state index in [-0.39, 0.29) is 29.4 Å². The molecule has 7 heteroatoms. The number of carbonyl (C=O) groups excluding carboxylic acids is 1. The monoisotopic (exact) mass is 406 g/mol. The lowest BCUT2D eigenvalue weighted by Gasteiger charge is -2.35. The number of rotatable bonds is 5. The van der Waals surface area contributed by atoms with Gasteiger partial charge in [-0.25, -0.2) is 4.39 Å². The lowest BCUT2D eigenvalue weighted by molar-refractivity contribution is -0.155. The van der Waals surface area contributed by atoms with Crippen LogP contribution in [0.4, 0.5) is 4.39 Å². The fraction of sp³-hybridized carbons (Fsp3) is 0.562. The molecule has 1 aliphatic rings. The van der Waals surface area contributed by atoms with Crippen LogP contribution >= 0.6 is 27.7 Å². The van der Waals surface area contributed by atoms with Gasteiger partial charge in [-0.15, -0.1) is 11.8 Å². The Kier molecular flexibility index (Phi) is 6.73. The summed E-state index contributed by atoms with van der Waals surface area (Å²) < 4.78 is 30.7. The zero-order valence-corrected chi connectivity index (χ0v) is 15.7. The number of methoxy groups -OCH3 is 1. The van der Waals surface area contributed by atoms with Gasteiger partial charge in [0.1, 0.15) is 23.1 Å². The van der Waals surface area contributed by atoms with Crippen molar-refractivity contribution in [2.45, 2.75) is 42.7 Å². The van der Waals surface area contributed by atoms with E-state index in [1.54, 1.807) is 17.8 Å². The molecule has 0 aromatic heterocycles. The molecule has 1 aromatic carbocycles. The highest BCUT2D eigenvalue weighted by atomic mass is 79.9. The molecule has 1 fully saturated rings. The lowest BCUT2D eigenvalue weighted by atomic mass is 9.96. The molecule has 0 radical (unpaired) electrons. The zero-order chi connectivity index (χ0) is 17.0. The maximum absolute atomic E-state index is 14.0. The summed E-state index contributed by atoms with van der Waals surface area (Å²) in [5.74, 6) is -0.181. The summed E-state index contributed by atoms with van der Waals surface area (Å²) >= 11 is 4.85. The van der Waals surface area contributed by atoms with Crippen LogP contribution in [0, 0.1) is 5.82 Å². The van der Waals surface area contributed by atoms with Crippen molar-refractivity contribution in [3.05, 3.63) is 29.1 Å². The van der Waals surface area contributed by atoms with E-state index in [1.807, 2.05) is 6.26 Å². The van der Waals surface area contributed by atoms with Crippen molar-refractivity contribution >= 4 is 33.7 Å². The second-order valence-corrected chi connectivity index (χ2v) is 6.87. The predicted molar refractivity (Wildman–Crippen MR) is 91.5 cm³/mol. The van der Waals surface area contributed by atoms with Gasteiger partial charge in [-0.1, -0.05) is 15.9 Å². The van der Waals surface area contributed by atoms with Gasteiger partial charge in [0.15, 0.2) is 0 Å².